The first-order chi connectivity index (χ1) is 7.47. The lowest BCUT2D eigenvalue weighted by Gasteiger charge is -2.06. The van der Waals surface area contributed by atoms with E-state index in [0.29, 0.717) is 12.5 Å². The highest BCUT2D eigenvalue weighted by molar-refractivity contribution is 7.89. The predicted molar refractivity (Wildman–Crippen MR) is 56.5 cm³/mol. The molecule has 1 rings (SSSR count). The van der Waals surface area contributed by atoms with Crippen molar-refractivity contribution in [2.45, 2.75) is 24.7 Å². The van der Waals surface area contributed by atoms with Crippen molar-refractivity contribution in [2.75, 3.05) is 6.54 Å². The molecule has 0 amide bonds. The van der Waals surface area contributed by atoms with Crippen LogP contribution in [0, 0.1) is 11.6 Å². The smallest absolute Gasteiger partial charge is 0.211 e. The van der Waals surface area contributed by atoms with Gasteiger partial charge in [-0.15, -0.1) is 0 Å². The Morgan fingerprint density at radius 3 is 2.56 bits per heavy atom. The van der Waals surface area contributed by atoms with Gasteiger partial charge in [-0.3, -0.25) is 0 Å². The molecule has 1 aromatic carbocycles. The van der Waals surface area contributed by atoms with Crippen LogP contribution in [0.5, 0.6) is 0 Å². The second-order valence-corrected chi connectivity index (χ2v) is 5.06. The van der Waals surface area contributed by atoms with Crippen LogP contribution < -0.4 is 4.72 Å². The topological polar surface area (TPSA) is 46.2 Å². The number of hydrogen-bond donors (Lipinski definition) is 1. The van der Waals surface area contributed by atoms with E-state index in [4.69, 9.17) is 0 Å². The summed E-state index contributed by atoms with van der Waals surface area (Å²) in [4.78, 5) is -0.523. The molecule has 0 saturated heterocycles. The van der Waals surface area contributed by atoms with Crippen LogP contribution in [0.3, 0.4) is 0 Å². The summed E-state index contributed by atoms with van der Waals surface area (Å²) in [6.45, 7) is 2.16. The third-order valence-electron chi connectivity index (χ3n) is 2.01. The maximum absolute atomic E-state index is 13.2. The second kappa shape index (κ2) is 5.36. The fourth-order valence-electron chi connectivity index (χ4n) is 1.15. The molecule has 0 atom stereocenters. The van der Waals surface area contributed by atoms with E-state index < -0.39 is 26.6 Å². The maximum Gasteiger partial charge on any atom is 0.243 e. The first-order valence-corrected chi connectivity index (χ1v) is 6.40. The Morgan fingerprint density at radius 1 is 1.31 bits per heavy atom. The van der Waals surface area contributed by atoms with Crippen molar-refractivity contribution in [1.29, 1.82) is 0 Å². The van der Waals surface area contributed by atoms with E-state index in [1.807, 2.05) is 6.92 Å². The van der Waals surface area contributed by atoms with Crippen molar-refractivity contribution >= 4 is 10.0 Å². The van der Waals surface area contributed by atoms with E-state index in [-0.39, 0.29) is 6.54 Å². The van der Waals surface area contributed by atoms with E-state index in [1.165, 1.54) is 0 Å². The zero-order chi connectivity index (χ0) is 12.2. The summed E-state index contributed by atoms with van der Waals surface area (Å²) >= 11 is 0. The zero-order valence-corrected chi connectivity index (χ0v) is 9.65. The minimum Gasteiger partial charge on any atom is -0.211 e. The highest BCUT2D eigenvalue weighted by atomic mass is 32.2. The summed E-state index contributed by atoms with van der Waals surface area (Å²) in [5, 5.41) is 0. The number of halogens is 2. The van der Waals surface area contributed by atoms with Crippen molar-refractivity contribution in [1.82, 2.24) is 4.72 Å². The predicted octanol–water partition coefficient (Wildman–Crippen LogP) is 2.04. The Hall–Kier alpha value is -1.01. The van der Waals surface area contributed by atoms with Gasteiger partial charge < -0.3 is 0 Å². The molecular weight excluding hydrogens is 236 g/mol. The molecule has 0 fully saturated rings. The molecule has 90 valence electrons. The summed E-state index contributed by atoms with van der Waals surface area (Å²) in [6.07, 6.45) is 1.50. The van der Waals surface area contributed by atoms with Gasteiger partial charge in [0.05, 0.1) is 0 Å². The summed E-state index contributed by atoms with van der Waals surface area (Å²) < 4.78 is 51.2. The van der Waals surface area contributed by atoms with Crippen LogP contribution in [-0.2, 0) is 10.0 Å². The molecule has 0 aliphatic heterocycles. The minimum atomic E-state index is -3.87. The van der Waals surface area contributed by atoms with Gasteiger partial charge in [0.15, 0.2) is 0 Å². The van der Waals surface area contributed by atoms with Crippen molar-refractivity contribution in [3.8, 4) is 0 Å². The lowest BCUT2D eigenvalue weighted by atomic mass is 10.3. The largest absolute Gasteiger partial charge is 0.243 e. The lowest BCUT2D eigenvalue weighted by molar-refractivity contribution is 0.542. The van der Waals surface area contributed by atoms with Gasteiger partial charge in [-0.1, -0.05) is 13.3 Å². The quantitative estimate of drug-likeness (QED) is 0.812. The Bertz CT molecular complexity index is 460. The summed E-state index contributed by atoms with van der Waals surface area (Å²) in [7, 11) is -3.87. The molecule has 0 radical (unpaired) electrons. The van der Waals surface area contributed by atoms with Crippen LogP contribution in [0.15, 0.2) is 23.1 Å². The highest BCUT2D eigenvalue weighted by Crippen LogP contribution is 2.15. The van der Waals surface area contributed by atoms with Crippen molar-refractivity contribution < 1.29 is 17.2 Å². The number of benzene rings is 1. The standard InChI is InChI=1S/C10H13F2NO2S/c1-2-3-6-13-16(14,15)10-5-4-8(11)7-9(10)12/h4-5,7,13H,2-3,6H2,1H3. The molecule has 3 nitrogen and oxygen atoms in total. The van der Waals surface area contributed by atoms with Crippen molar-refractivity contribution in [2.24, 2.45) is 0 Å². The monoisotopic (exact) mass is 249 g/mol. The molecule has 0 unspecified atom stereocenters. The molecule has 0 heterocycles. The van der Waals surface area contributed by atoms with Crippen LogP contribution >= 0.6 is 0 Å². The highest BCUT2D eigenvalue weighted by Gasteiger charge is 2.18. The average Bonchev–Trinajstić information content (AvgIpc) is 2.17. The SMILES string of the molecule is CCCCNS(=O)(=O)c1ccc(F)cc1F. The average molecular weight is 249 g/mol. The van der Waals surface area contributed by atoms with Gasteiger partial charge in [-0.2, -0.15) is 0 Å². The van der Waals surface area contributed by atoms with Crippen LogP contribution in [0.2, 0.25) is 0 Å². The van der Waals surface area contributed by atoms with Gasteiger partial charge in [0.2, 0.25) is 10.0 Å². The van der Waals surface area contributed by atoms with Gasteiger partial charge >= 0.3 is 0 Å². The normalized spacial score (nSPS) is 11.7. The Balaban J connectivity index is 2.90. The third kappa shape index (κ3) is 3.24. The van der Waals surface area contributed by atoms with Gasteiger partial charge in [0.25, 0.3) is 0 Å². The fourth-order valence-corrected chi connectivity index (χ4v) is 2.29. The van der Waals surface area contributed by atoms with Crippen molar-refractivity contribution in [3.05, 3.63) is 29.8 Å². The molecule has 0 saturated carbocycles. The minimum absolute atomic E-state index is 0.246. The molecule has 0 aliphatic carbocycles. The molecule has 6 heteroatoms. The zero-order valence-electron chi connectivity index (χ0n) is 8.83. The van der Waals surface area contributed by atoms with E-state index in [0.717, 1.165) is 18.6 Å². The number of hydrogen-bond acceptors (Lipinski definition) is 2. The Labute approximate surface area is 93.5 Å². The Kier molecular flexibility index (Phi) is 4.37. The van der Waals surface area contributed by atoms with Crippen LogP contribution in [0.25, 0.3) is 0 Å². The van der Waals surface area contributed by atoms with Gasteiger partial charge in [-0.05, 0) is 18.6 Å². The molecule has 0 aliphatic rings. The second-order valence-electron chi connectivity index (χ2n) is 3.33. The van der Waals surface area contributed by atoms with E-state index in [9.17, 15) is 17.2 Å². The molecular formula is C10H13F2NO2S. The summed E-state index contributed by atoms with van der Waals surface area (Å²) in [6, 6.07) is 2.38. The lowest BCUT2D eigenvalue weighted by Crippen LogP contribution is -2.25. The van der Waals surface area contributed by atoms with E-state index in [1.54, 1.807) is 0 Å². The molecule has 1 aromatic rings. The number of sulfonamides is 1. The fraction of sp³-hybridized carbons (Fsp3) is 0.400. The Morgan fingerprint density at radius 2 is 2.00 bits per heavy atom. The van der Waals surface area contributed by atoms with E-state index in [2.05, 4.69) is 4.72 Å². The molecule has 0 spiro atoms. The molecule has 16 heavy (non-hydrogen) atoms. The number of rotatable bonds is 5. The van der Waals surface area contributed by atoms with Crippen molar-refractivity contribution in [3.63, 3.8) is 0 Å². The number of unbranched alkanes of at least 4 members (excludes halogenated alkanes) is 1. The first-order valence-electron chi connectivity index (χ1n) is 4.92. The molecule has 0 bridgehead atoms. The van der Waals surface area contributed by atoms with Gasteiger partial charge in [-0.25, -0.2) is 21.9 Å². The summed E-state index contributed by atoms with van der Waals surface area (Å²) in [5.74, 6) is -1.88. The van der Waals surface area contributed by atoms with Gasteiger partial charge in [0, 0.05) is 12.6 Å². The molecule has 0 aromatic heterocycles. The number of nitrogens with one attached hydrogen (secondary N) is 1. The first kappa shape index (κ1) is 13.1. The third-order valence-corrected chi connectivity index (χ3v) is 3.50. The molecule has 1 N–H and O–H groups in total. The van der Waals surface area contributed by atoms with Crippen LogP contribution in [-0.4, -0.2) is 15.0 Å². The maximum atomic E-state index is 13.2. The summed E-state index contributed by atoms with van der Waals surface area (Å²) in [5.41, 5.74) is 0. The van der Waals surface area contributed by atoms with Crippen LogP contribution in [0.1, 0.15) is 19.8 Å². The van der Waals surface area contributed by atoms with E-state index >= 15 is 0 Å². The van der Waals surface area contributed by atoms with Crippen LogP contribution in [0.4, 0.5) is 8.78 Å². The van der Waals surface area contributed by atoms with Gasteiger partial charge in [0.1, 0.15) is 16.5 Å².